The predicted molar refractivity (Wildman–Crippen MR) is 51.7 cm³/mol. The summed E-state index contributed by atoms with van der Waals surface area (Å²) in [4.78, 5) is 12.0. The summed E-state index contributed by atoms with van der Waals surface area (Å²) in [5.74, 6) is -0.0918. The van der Waals surface area contributed by atoms with E-state index in [-0.39, 0.29) is 5.78 Å². The number of nitrogens with two attached hydrogens (primary N) is 1. The van der Waals surface area contributed by atoms with Crippen LogP contribution in [0.4, 0.5) is 0 Å². The van der Waals surface area contributed by atoms with Crippen LogP contribution in [0.3, 0.4) is 0 Å². The van der Waals surface area contributed by atoms with E-state index >= 15 is 0 Å². The summed E-state index contributed by atoms with van der Waals surface area (Å²) in [6, 6.07) is 3.88. The molecular formula is C9H9NOS. The summed E-state index contributed by atoms with van der Waals surface area (Å²) in [6.07, 6.45) is 5.83. The summed E-state index contributed by atoms with van der Waals surface area (Å²) in [6.45, 7) is 0. The fraction of sp³-hybridized carbons (Fsp3) is 0. The van der Waals surface area contributed by atoms with Gasteiger partial charge in [-0.1, -0.05) is 6.07 Å². The van der Waals surface area contributed by atoms with Crippen LogP contribution in [0, 0.1) is 0 Å². The lowest BCUT2D eigenvalue weighted by Crippen LogP contribution is -1.87. The third-order valence-electron chi connectivity index (χ3n) is 1.22. The van der Waals surface area contributed by atoms with Crippen molar-refractivity contribution in [2.24, 2.45) is 5.73 Å². The van der Waals surface area contributed by atoms with Crippen LogP contribution < -0.4 is 5.73 Å². The highest BCUT2D eigenvalue weighted by molar-refractivity contribution is 7.10. The van der Waals surface area contributed by atoms with Crippen LogP contribution in [0.5, 0.6) is 0 Å². The smallest absolute Gasteiger partial charge is 0.180 e. The van der Waals surface area contributed by atoms with Gasteiger partial charge in [0.2, 0.25) is 0 Å². The maximum absolute atomic E-state index is 10.9. The molecule has 0 bridgehead atoms. The van der Waals surface area contributed by atoms with Crippen molar-refractivity contribution in [1.29, 1.82) is 0 Å². The van der Waals surface area contributed by atoms with Crippen molar-refractivity contribution >= 4 is 23.2 Å². The molecule has 0 aliphatic rings. The second-order valence-corrected chi connectivity index (χ2v) is 3.09. The fourth-order valence-electron chi connectivity index (χ4n) is 0.701. The van der Waals surface area contributed by atoms with Gasteiger partial charge in [-0.3, -0.25) is 4.79 Å². The molecule has 2 N–H and O–H groups in total. The van der Waals surface area contributed by atoms with Crippen molar-refractivity contribution in [1.82, 2.24) is 0 Å². The van der Waals surface area contributed by atoms with Gasteiger partial charge in [-0.05, 0) is 29.8 Å². The molecule has 0 unspecified atom stereocenters. The van der Waals surface area contributed by atoms with Crippen molar-refractivity contribution < 1.29 is 4.79 Å². The first-order chi connectivity index (χ1) is 5.83. The number of thiophene rings is 1. The van der Waals surface area contributed by atoms with Gasteiger partial charge in [0, 0.05) is 11.0 Å². The Morgan fingerprint density at radius 1 is 1.50 bits per heavy atom. The maximum atomic E-state index is 10.9. The van der Waals surface area contributed by atoms with Crippen molar-refractivity contribution in [3.63, 3.8) is 0 Å². The fourth-order valence-corrected chi connectivity index (χ4v) is 1.32. The molecule has 0 spiro atoms. The zero-order valence-electron chi connectivity index (χ0n) is 6.44. The number of rotatable bonds is 3. The lowest BCUT2D eigenvalue weighted by Gasteiger charge is -1.81. The van der Waals surface area contributed by atoms with Crippen molar-refractivity contribution in [2.75, 3.05) is 0 Å². The third-order valence-corrected chi connectivity index (χ3v) is 2.05. The number of hydrogen-bond donors (Lipinski definition) is 1. The van der Waals surface area contributed by atoms with E-state index in [2.05, 4.69) is 0 Å². The Kier molecular flexibility index (Phi) is 3.29. The first kappa shape index (κ1) is 8.74. The van der Waals surface area contributed by atoms with Crippen LogP contribution in [0.1, 0.15) is 4.88 Å². The molecule has 62 valence electrons. The van der Waals surface area contributed by atoms with Gasteiger partial charge in [-0.2, -0.15) is 0 Å². The van der Waals surface area contributed by atoms with Gasteiger partial charge in [-0.15, -0.1) is 11.3 Å². The monoisotopic (exact) mass is 179 g/mol. The van der Waals surface area contributed by atoms with E-state index in [0.29, 0.717) is 0 Å². The minimum absolute atomic E-state index is 0.0918. The highest BCUT2D eigenvalue weighted by atomic mass is 32.1. The third kappa shape index (κ3) is 2.72. The Labute approximate surface area is 75.0 Å². The average molecular weight is 179 g/mol. The van der Waals surface area contributed by atoms with Crippen molar-refractivity contribution in [3.8, 4) is 0 Å². The van der Waals surface area contributed by atoms with Gasteiger partial charge in [-0.25, -0.2) is 0 Å². The molecule has 0 radical (unpaired) electrons. The minimum Gasteiger partial charge on any atom is -0.404 e. The SMILES string of the molecule is N/C=C/C(=O)/C=C/c1cccs1. The van der Waals surface area contributed by atoms with Crippen molar-refractivity contribution in [3.05, 3.63) is 40.7 Å². The van der Waals surface area contributed by atoms with Crippen LogP contribution in [-0.4, -0.2) is 5.78 Å². The highest BCUT2D eigenvalue weighted by Crippen LogP contribution is 2.09. The Morgan fingerprint density at radius 3 is 2.92 bits per heavy atom. The molecule has 0 aromatic carbocycles. The number of carbonyl (C=O) groups excluding carboxylic acids is 1. The molecule has 1 aromatic heterocycles. The van der Waals surface area contributed by atoms with Crippen LogP contribution in [0.15, 0.2) is 35.9 Å². The zero-order valence-corrected chi connectivity index (χ0v) is 7.25. The van der Waals surface area contributed by atoms with E-state index in [1.807, 2.05) is 17.5 Å². The van der Waals surface area contributed by atoms with Crippen LogP contribution in [-0.2, 0) is 4.79 Å². The number of hydrogen-bond acceptors (Lipinski definition) is 3. The highest BCUT2D eigenvalue weighted by Gasteiger charge is 1.88. The molecule has 1 rings (SSSR count). The van der Waals surface area contributed by atoms with Gasteiger partial charge in [0.25, 0.3) is 0 Å². The molecule has 1 aromatic rings. The summed E-state index contributed by atoms with van der Waals surface area (Å²) >= 11 is 1.59. The first-order valence-electron chi connectivity index (χ1n) is 3.47. The van der Waals surface area contributed by atoms with Gasteiger partial charge in [0.15, 0.2) is 5.78 Å². The topological polar surface area (TPSA) is 43.1 Å². The van der Waals surface area contributed by atoms with E-state index in [1.54, 1.807) is 17.4 Å². The molecule has 0 saturated heterocycles. The Balaban J connectivity index is 2.57. The summed E-state index contributed by atoms with van der Waals surface area (Å²) in [5, 5.41) is 1.96. The van der Waals surface area contributed by atoms with Crippen molar-refractivity contribution in [2.45, 2.75) is 0 Å². The molecule has 0 fully saturated rings. The molecule has 3 heteroatoms. The van der Waals surface area contributed by atoms with E-state index in [9.17, 15) is 4.79 Å². The quantitative estimate of drug-likeness (QED) is 0.719. The molecule has 0 saturated carbocycles. The molecule has 0 aliphatic heterocycles. The molecule has 1 heterocycles. The summed E-state index contributed by atoms with van der Waals surface area (Å²) in [5.41, 5.74) is 5.05. The molecule has 0 amide bonds. The lowest BCUT2D eigenvalue weighted by atomic mass is 10.3. The van der Waals surface area contributed by atoms with Crippen LogP contribution >= 0.6 is 11.3 Å². The normalized spacial score (nSPS) is 11.3. The average Bonchev–Trinajstić information content (AvgIpc) is 2.53. The first-order valence-corrected chi connectivity index (χ1v) is 4.34. The van der Waals surface area contributed by atoms with E-state index in [0.717, 1.165) is 4.88 Å². The maximum Gasteiger partial charge on any atom is 0.180 e. The molecule has 0 aliphatic carbocycles. The molecule has 0 atom stereocenters. The Morgan fingerprint density at radius 2 is 2.33 bits per heavy atom. The minimum atomic E-state index is -0.0918. The van der Waals surface area contributed by atoms with E-state index < -0.39 is 0 Å². The van der Waals surface area contributed by atoms with Crippen LogP contribution in [0.25, 0.3) is 6.08 Å². The molecular weight excluding hydrogens is 170 g/mol. The largest absolute Gasteiger partial charge is 0.404 e. The summed E-state index contributed by atoms with van der Waals surface area (Å²) < 4.78 is 0. The van der Waals surface area contributed by atoms with E-state index in [1.165, 1.54) is 18.4 Å². The molecule has 12 heavy (non-hydrogen) atoms. The number of allylic oxidation sites excluding steroid dienone is 2. The van der Waals surface area contributed by atoms with Gasteiger partial charge >= 0.3 is 0 Å². The van der Waals surface area contributed by atoms with Crippen LogP contribution in [0.2, 0.25) is 0 Å². The standard InChI is InChI=1S/C9H9NOS/c10-6-5-8(11)3-4-9-2-1-7-12-9/h1-7H,10H2/b4-3+,6-5+. The number of ketones is 1. The van der Waals surface area contributed by atoms with Gasteiger partial charge < -0.3 is 5.73 Å². The Bertz CT molecular complexity index is 298. The predicted octanol–water partition coefficient (Wildman–Crippen LogP) is 1.80. The Hall–Kier alpha value is -1.35. The molecule has 2 nitrogen and oxygen atoms in total. The lowest BCUT2D eigenvalue weighted by molar-refractivity contribution is -0.110. The summed E-state index contributed by atoms with van der Waals surface area (Å²) in [7, 11) is 0. The second kappa shape index (κ2) is 4.51. The zero-order chi connectivity index (χ0) is 8.81. The van der Waals surface area contributed by atoms with Gasteiger partial charge in [0.05, 0.1) is 0 Å². The van der Waals surface area contributed by atoms with E-state index in [4.69, 9.17) is 5.73 Å². The number of carbonyl (C=O) groups is 1. The second-order valence-electron chi connectivity index (χ2n) is 2.11. The van der Waals surface area contributed by atoms with Gasteiger partial charge in [0.1, 0.15) is 0 Å².